The van der Waals surface area contributed by atoms with Crippen molar-refractivity contribution in [2.45, 2.75) is 6.61 Å². The second-order valence-electron chi connectivity index (χ2n) is 4.82. The molecule has 0 saturated heterocycles. The molecule has 0 radical (unpaired) electrons. The van der Waals surface area contributed by atoms with Crippen LogP contribution >= 0.6 is 34.8 Å². The first-order chi connectivity index (χ1) is 12.0. The van der Waals surface area contributed by atoms with Gasteiger partial charge in [-0.1, -0.05) is 64.2 Å². The highest BCUT2D eigenvalue weighted by molar-refractivity contribution is 6.45. The van der Waals surface area contributed by atoms with E-state index in [9.17, 15) is 4.79 Å². The lowest BCUT2D eigenvalue weighted by Gasteiger charge is -2.14. The molecule has 0 atom stereocenters. The van der Waals surface area contributed by atoms with E-state index < -0.39 is 0 Å². The van der Waals surface area contributed by atoms with Crippen LogP contribution in [-0.4, -0.2) is 25.8 Å². The standard InChI is InChI=1S/C17H15Cl3N2O3/c1-21-17(23)15(22-24-2)11-6-4-3-5-10(11)9-25-16-13(19)8-7-12(18)14(16)20/h3-8H,9H2,1-2H3,(H,21,23)/b22-15+. The molecule has 0 bridgehead atoms. The molecule has 2 rings (SSSR count). The third kappa shape index (κ3) is 4.57. The first-order valence-electron chi connectivity index (χ1n) is 7.17. The molecule has 1 N–H and O–H groups in total. The van der Waals surface area contributed by atoms with Crippen molar-refractivity contribution in [1.29, 1.82) is 0 Å². The van der Waals surface area contributed by atoms with Crippen LogP contribution < -0.4 is 10.1 Å². The SMILES string of the molecule is CNC(=O)/C(=N/OC)c1ccccc1COc1c(Cl)ccc(Cl)c1Cl. The summed E-state index contributed by atoms with van der Waals surface area (Å²) in [6, 6.07) is 10.3. The molecule has 8 heteroatoms. The second kappa shape index (κ2) is 8.94. The van der Waals surface area contributed by atoms with Crippen molar-refractivity contribution in [3.8, 4) is 5.75 Å². The first kappa shape index (κ1) is 19.4. The quantitative estimate of drug-likeness (QED) is 0.445. The predicted octanol–water partition coefficient (Wildman–Crippen LogP) is 4.32. The molecule has 0 aliphatic heterocycles. The lowest BCUT2D eigenvalue weighted by atomic mass is 10.0. The van der Waals surface area contributed by atoms with Gasteiger partial charge >= 0.3 is 0 Å². The van der Waals surface area contributed by atoms with Crippen molar-refractivity contribution in [2.75, 3.05) is 14.2 Å². The summed E-state index contributed by atoms with van der Waals surface area (Å²) in [7, 11) is 2.88. The van der Waals surface area contributed by atoms with Crippen molar-refractivity contribution in [3.05, 3.63) is 62.6 Å². The minimum absolute atomic E-state index is 0.107. The van der Waals surface area contributed by atoms with E-state index in [1.54, 1.807) is 30.3 Å². The van der Waals surface area contributed by atoms with E-state index in [-0.39, 0.29) is 29.0 Å². The zero-order chi connectivity index (χ0) is 18.4. The lowest BCUT2D eigenvalue weighted by molar-refractivity contribution is -0.114. The molecule has 0 aromatic heterocycles. The van der Waals surface area contributed by atoms with Gasteiger partial charge in [-0.2, -0.15) is 0 Å². The van der Waals surface area contributed by atoms with E-state index in [0.717, 1.165) is 0 Å². The Morgan fingerprint density at radius 2 is 1.80 bits per heavy atom. The molecule has 0 fully saturated rings. The average molecular weight is 402 g/mol. The highest BCUT2D eigenvalue weighted by Crippen LogP contribution is 2.38. The first-order valence-corrected chi connectivity index (χ1v) is 8.30. The molecule has 0 saturated carbocycles. The number of carbonyl (C=O) groups excluding carboxylic acids is 1. The van der Waals surface area contributed by atoms with Crippen molar-refractivity contribution < 1.29 is 14.4 Å². The Bertz CT molecular complexity index is 810. The Kier molecular flexibility index (Phi) is 6.93. The van der Waals surface area contributed by atoms with Crippen LogP contribution in [0.4, 0.5) is 0 Å². The molecule has 0 heterocycles. The molecule has 2 aromatic carbocycles. The summed E-state index contributed by atoms with van der Waals surface area (Å²) in [5, 5.41) is 7.23. The summed E-state index contributed by atoms with van der Waals surface area (Å²) in [5.41, 5.74) is 1.40. The molecule has 25 heavy (non-hydrogen) atoms. The number of nitrogens with one attached hydrogen (secondary N) is 1. The Morgan fingerprint density at radius 1 is 1.12 bits per heavy atom. The van der Waals surface area contributed by atoms with Gasteiger partial charge in [-0.25, -0.2) is 0 Å². The van der Waals surface area contributed by atoms with Crippen LogP contribution in [0.1, 0.15) is 11.1 Å². The summed E-state index contributed by atoms with van der Waals surface area (Å²) < 4.78 is 5.74. The fourth-order valence-electron chi connectivity index (χ4n) is 2.09. The summed E-state index contributed by atoms with van der Waals surface area (Å²) in [6.45, 7) is 0.107. The normalized spacial score (nSPS) is 11.2. The van der Waals surface area contributed by atoms with E-state index in [4.69, 9.17) is 44.4 Å². The smallest absolute Gasteiger partial charge is 0.273 e. The number of halogens is 3. The monoisotopic (exact) mass is 400 g/mol. The number of benzene rings is 2. The maximum atomic E-state index is 12.1. The van der Waals surface area contributed by atoms with E-state index in [1.807, 2.05) is 6.07 Å². The Hall–Kier alpha value is -1.95. The predicted molar refractivity (Wildman–Crippen MR) is 99.9 cm³/mol. The highest BCUT2D eigenvalue weighted by Gasteiger charge is 2.18. The third-order valence-corrected chi connectivity index (χ3v) is 4.36. The zero-order valence-electron chi connectivity index (χ0n) is 13.5. The van der Waals surface area contributed by atoms with Crippen LogP contribution in [-0.2, 0) is 16.2 Å². The maximum Gasteiger partial charge on any atom is 0.273 e. The number of amides is 1. The van der Waals surface area contributed by atoms with Crippen LogP contribution in [0.25, 0.3) is 0 Å². The molecule has 5 nitrogen and oxygen atoms in total. The molecular weight excluding hydrogens is 387 g/mol. The van der Waals surface area contributed by atoms with E-state index in [1.165, 1.54) is 14.2 Å². The van der Waals surface area contributed by atoms with Gasteiger partial charge in [0.2, 0.25) is 0 Å². The van der Waals surface area contributed by atoms with Gasteiger partial charge in [0, 0.05) is 12.6 Å². The number of likely N-dealkylation sites (N-methyl/N-ethyl adjacent to an activating group) is 1. The van der Waals surface area contributed by atoms with Crippen molar-refractivity contribution in [1.82, 2.24) is 5.32 Å². The van der Waals surface area contributed by atoms with Gasteiger partial charge in [0.25, 0.3) is 5.91 Å². The van der Waals surface area contributed by atoms with Gasteiger partial charge in [-0.15, -0.1) is 0 Å². The van der Waals surface area contributed by atoms with E-state index in [2.05, 4.69) is 10.5 Å². The molecular formula is C17H15Cl3N2O3. The van der Waals surface area contributed by atoms with Crippen molar-refractivity contribution >= 4 is 46.4 Å². The zero-order valence-corrected chi connectivity index (χ0v) is 15.7. The fraction of sp³-hybridized carbons (Fsp3) is 0.176. The van der Waals surface area contributed by atoms with Gasteiger partial charge in [0.15, 0.2) is 11.5 Å². The van der Waals surface area contributed by atoms with Crippen LogP contribution in [0, 0.1) is 0 Å². The number of hydrogen-bond acceptors (Lipinski definition) is 4. The van der Waals surface area contributed by atoms with Gasteiger partial charge < -0.3 is 14.9 Å². The number of hydrogen-bond donors (Lipinski definition) is 1. The topological polar surface area (TPSA) is 59.9 Å². The van der Waals surface area contributed by atoms with E-state index in [0.29, 0.717) is 21.2 Å². The molecule has 0 spiro atoms. The number of ether oxygens (including phenoxy) is 1. The summed E-state index contributed by atoms with van der Waals surface area (Å²) in [6.07, 6.45) is 0. The maximum absolute atomic E-state index is 12.1. The van der Waals surface area contributed by atoms with Gasteiger partial charge in [0.05, 0.1) is 10.0 Å². The van der Waals surface area contributed by atoms with Crippen molar-refractivity contribution in [3.63, 3.8) is 0 Å². The molecule has 0 aliphatic rings. The number of oxime groups is 1. The van der Waals surface area contributed by atoms with Gasteiger partial charge in [0.1, 0.15) is 18.7 Å². The summed E-state index contributed by atoms with van der Waals surface area (Å²) in [4.78, 5) is 16.8. The van der Waals surface area contributed by atoms with Crippen LogP contribution in [0.5, 0.6) is 5.75 Å². The Balaban J connectivity index is 2.35. The Morgan fingerprint density at radius 3 is 2.48 bits per heavy atom. The van der Waals surface area contributed by atoms with Gasteiger partial charge in [-0.3, -0.25) is 4.79 Å². The van der Waals surface area contributed by atoms with E-state index >= 15 is 0 Å². The van der Waals surface area contributed by atoms with Crippen molar-refractivity contribution in [2.24, 2.45) is 5.16 Å². The largest absolute Gasteiger partial charge is 0.486 e. The van der Waals surface area contributed by atoms with Crippen LogP contribution in [0.2, 0.25) is 15.1 Å². The number of nitrogens with zero attached hydrogens (tertiary/aromatic N) is 1. The molecule has 132 valence electrons. The molecule has 2 aromatic rings. The second-order valence-corrected chi connectivity index (χ2v) is 6.01. The minimum atomic E-state index is -0.381. The summed E-state index contributed by atoms with van der Waals surface area (Å²) in [5.74, 6) is -0.107. The van der Waals surface area contributed by atoms with Crippen LogP contribution in [0.3, 0.4) is 0 Å². The third-order valence-electron chi connectivity index (χ3n) is 3.27. The minimum Gasteiger partial charge on any atom is -0.486 e. The number of rotatable bonds is 6. The Labute approximate surface area is 160 Å². The molecule has 1 amide bonds. The summed E-state index contributed by atoms with van der Waals surface area (Å²) >= 11 is 18.2. The number of carbonyl (C=O) groups is 1. The molecule has 0 aliphatic carbocycles. The lowest BCUT2D eigenvalue weighted by Crippen LogP contribution is -2.29. The molecule has 0 unspecified atom stereocenters. The average Bonchev–Trinajstić information content (AvgIpc) is 2.63. The van der Waals surface area contributed by atoms with Crippen LogP contribution in [0.15, 0.2) is 41.6 Å². The fourth-order valence-corrected chi connectivity index (χ4v) is 2.72. The van der Waals surface area contributed by atoms with Gasteiger partial charge in [-0.05, 0) is 17.7 Å². The highest BCUT2D eigenvalue weighted by atomic mass is 35.5.